The van der Waals surface area contributed by atoms with Crippen molar-refractivity contribution in [2.75, 3.05) is 24.0 Å². The van der Waals surface area contributed by atoms with Crippen LogP contribution in [0.1, 0.15) is 11.1 Å². The minimum absolute atomic E-state index is 0.146. The van der Waals surface area contributed by atoms with E-state index in [9.17, 15) is 22.8 Å². The van der Waals surface area contributed by atoms with Gasteiger partial charge in [0, 0.05) is 22.6 Å². The molecular formula is C23H16BrF3N2O4. The molecule has 5 rings (SSSR count). The Morgan fingerprint density at radius 3 is 2.55 bits per heavy atom. The van der Waals surface area contributed by atoms with Gasteiger partial charge in [-0.15, -0.1) is 0 Å². The smallest absolute Gasteiger partial charge is 0.432 e. The maximum Gasteiger partial charge on any atom is 0.432 e. The van der Waals surface area contributed by atoms with Gasteiger partial charge < -0.3 is 19.3 Å². The number of nitrogens with zero attached hydrogens (tertiary/aromatic N) is 2. The van der Waals surface area contributed by atoms with Crippen molar-refractivity contribution in [3.8, 4) is 0 Å². The van der Waals surface area contributed by atoms with E-state index in [0.29, 0.717) is 15.7 Å². The van der Waals surface area contributed by atoms with E-state index in [-0.39, 0.29) is 11.3 Å². The molecule has 10 heteroatoms. The molecule has 3 aliphatic heterocycles. The minimum atomic E-state index is -5.01. The Morgan fingerprint density at radius 2 is 1.85 bits per heavy atom. The lowest BCUT2D eigenvalue weighted by atomic mass is 9.82. The van der Waals surface area contributed by atoms with Crippen molar-refractivity contribution in [1.82, 2.24) is 0 Å². The predicted octanol–water partition coefficient (Wildman–Crippen LogP) is 4.50. The number of rotatable bonds is 1. The second-order valence-corrected chi connectivity index (χ2v) is 8.54. The second-order valence-electron chi connectivity index (χ2n) is 7.69. The van der Waals surface area contributed by atoms with Gasteiger partial charge >= 0.3 is 12.1 Å². The van der Waals surface area contributed by atoms with Crippen LogP contribution in [0.25, 0.3) is 6.08 Å². The number of anilines is 2. The summed E-state index contributed by atoms with van der Waals surface area (Å²) in [5.41, 5.74) is -3.38. The standard InChI is InChI=1S/C23H16BrF3N2O4/c1-28-16-8-4-3-6-13(16)22(21(28)31)18(20(30)32-2)19(23(25,26)27)29-15-9-5-7-14(24)12(15)10-11-17(29)33-22/h3-11,17H,1-2H3/t17-,22+/m1/s1. The first-order valence-electron chi connectivity index (χ1n) is 9.84. The van der Waals surface area contributed by atoms with E-state index in [0.717, 1.165) is 12.0 Å². The van der Waals surface area contributed by atoms with Crippen molar-refractivity contribution in [2.24, 2.45) is 0 Å². The molecule has 1 amide bonds. The van der Waals surface area contributed by atoms with Crippen molar-refractivity contribution in [3.05, 3.63) is 75.4 Å². The lowest BCUT2D eigenvalue weighted by Gasteiger charge is -2.47. The lowest BCUT2D eigenvalue weighted by molar-refractivity contribution is -0.160. The summed E-state index contributed by atoms with van der Waals surface area (Å²) >= 11 is 3.36. The van der Waals surface area contributed by atoms with Crippen LogP contribution in [-0.2, 0) is 24.7 Å². The minimum Gasteiger partial charge on any atom is -0.466 e. The number of hydrogen-bond acceptors (Lipinski definition) is 5. The average Bonchev–Trinajstić information content (AvgIpc) is 2.99. The summed E-state index contributed by atoms with van der Waals surface area (Å²) in [6.45, 7) is 0. The topological polar surface area (TPSA) is 59.1 Å². The highest BCUT2D eigenvalue weighted by atomic mass is 79.9. The molecule has 1 spiro atoms. The van der Waals surface area contributed by atoms with Crippen molar-refractivity contribution in [3.63, 3.8) is 0 Å². The Kier molecular flexibility index (Phi) is 4.74. The molecule has 0 N–H and O–H groups in total. The molecular weight excluding hydrogens is 505 g/mol. The van der Waals surface area contributed by atoms with Gasteiger partial charge in [0.05, 0.1) is 18.5 Å². The summed E-state index contributed by atoms with van der Waals surface area (Å²) in [5.74, 6) is -2.11. The number of hydrogen-bond donors (Lipinski definition) is 0. The number of fused-ring (bicyclic) bond motifs is 5. The molecule has 2 atom stereocenters. The first-order chi connectivity index (χ1) is 15.6. The van der Waals surface area contributed by atoms with Gasteiger partial charge in [0.15, 0.2) is 6.23 Å². The van der Waals surface area contributed by atoms with Crippen LogP contribution in [-0.4, -0.2) is 38.4 Å². The van der Waals surface area contributed by atoms with Crippen LogP contribution in [0.2, 0.25) is 0 Å². The number of allylic oxidation sites excluding steroid dienone is 1. The lowest BCUT2D eigenvalue weighted by Crippen LogP contribution is -2.58. The van der Waals surface area contributed by atoms with Crippen molar-refractivity contribution in [2.45, 2.75) is 18.0 Å². The molecule has 2 aromatic rings. The molecule has 0 bridgehead atoms. The third-order valence-electron chi connectivity index (χ3n) is 6.01. The van der Waals surface area contributed by atoms with Gasteiger partial charge in [-0.25, -0.2) is 4.79 Å². The number of carbonyl (C=O) groups excluding carboxylic acids is 2. The summed E-state index contributed by atoms with van der Waals surface area (Å²) in [7, 11) is 2.40. The number of likely N-dealkylation sites (N-methyl/N-ethyl adjacent to an activating group) is 1. The summed E-state index contributed by atoms with van der Waals surface area (Å²) in [6, 6.07) is 11.1. The quantitative estimate of drug-likeness (QED) is 0.518. The molecule has 0 fully saturated rings. The molecule has 6 nitrogen and oxygen atoms in total. The number of alkyl halides is 3. The normalized spacial score (nSPS) is 23.6. The maximum atomic E-state index is 14.8. The molecule has 0 saturated carbocycles. The third kappa shape index (κ3) is 2.83. The Balaban J connectivity index is 1.91. The zero-order valence-electron chi connectivity index (χ0n) is 17.3. The number of esters is 1. The largest absolute Gasteiger partial charge is 0.466 e. The fourth-order valence-electron chi connectivity index (χ4n) is 4.67. The third-order valence-corrected chi connectivity index (χ3v) is 6.70. The number of benzene rings is 2. The Labute approximate surface area is 195 Å². The zero-order valence-corrected chi connectivity index (χ0v) is 18.9. The number of para-hydroxylation sites is 1. The van der Waals surface area contributed by atoms with Gasteiger partial charge in [-0.2, -0.15) is 13.2 Å². The van der Waals surface area contributed by atoms with Gasteiger partial charge in [0.25, 0.3) is 5.91 Å². The highest BCUT2D eigenvalue weighted by molar-refractivity contribution is 9.10. The maximum absolute atomic E-state index is 14.8. The van der Waals surface area contributed by atoms with Crippen LogP contribution in [0, 0.1) is 0 Å². The summed E-state index contributed by atoms with van der Waals surface area (Å²) in [6.07, 6.45) is -3.26. The Hall–Kier alpha value is -3.11. The number of methoxy groups -OCH3 is 1. The highest BCUT2D eigenvalue weighted by Gasteiger charge is 2.65. The van der Waals surface area contributed by atoms with E-state index in [1.54, 1.807) is 36.4 Å². The fraction of sp³-hybridized carbons (Fsp3) is 0.217. The van der Waals surface area contributed by atoms with Crippen LogP contribution < -0.4 is 9.80 Å². The predicted molar refractivity (Wildman–Crippen MR) is 117 cm³/mol. The van der Waals surface area contributed by atoms with E-state index >= 15 is 0 Å². The SMILES string of the molecule is COC(=O)C1=C(C(F)(F)F)N2c3cccc(Br)c3C=C[C@H]2O[C@]12C(=O)N(C)c1ccccc12. The average molecular weight is 521 g/mol. The van der Waals surface area contributed by atoms with Crippen LogP contribution in [0.5, 0.6) is 0 Å². The fourth-order valence-corrected chi connectivity index (χ4v) is 5.16. The molecule has 0 aromatic heterocycles. The second kappa shape index (κ2) is 7.19. The molecule has 2 aromatic carbocycles. The highest BCUT2D eigenvalue weighted by Crippen LogP contribution is 2.55. The van der Waals surface area contributed by atoms with Crippen molar-refractivity contribution < 1.29 is 32.2 Å². The van der Waals surface area contributed by atoms with Crippen LogP contribution in [0.4, 0.5) is 24.5 Å². The number of halogens is 4. The molecule has 3 aliphatic rings. The first kappa shape index (κ1) is 21.7. The summed E-state index contributed by atoms with van der Waals surface area (Å²) in [5, 5.41) is 0. The molecule has 0 aliphatic carbocycles. The number of ether oxygens (including phenoxy) is 2. The van der Waals surface area contributed by atoms with Crippen molar-refractivity contribution >= 4 is 45.3 Å². The zero-order chi connectivity index (χ0) is 23.7. The van der Waals surface area contributed by atoms with E-state index < -0.39 is 41.2 Å². The van der Waals surface area contributed by atoms with Gasteiger partial charge in [-0.05, 0) is 24.3 Å². The van der Waals surface area contributed by atoms with Crippen LogP contribution >= 0.6 is 15.9 Å². The van der Waals surface area contributed by atoms with Crippen molar-refractivity contribution in [1.29, 1.82) is 0 Å². The molecule has 0 radical (unpaired) electrons. The molecule has 33 heavy (non-hydrogen) atoms. The van der Waals surface area contributed by atoms with Crippen LogP contribution in [0.15, 0.2) is 64.3 Å². The van der Waals surface area contributed by atoms with Crippen LogP contribution in [0.3, 0.4) is 0 Å². The monoisotopic (exact) mass is 520 g/mol. The van der Waals surface area contributed by atoms with Gasteiger partial charge in [0.2, 0.25) is 5.60 Å². The summed E-state index contributed by atoms with van der Waals surface area (Å²) in [4.78, 5) is 28.7. The van der Waals surface area contributed by atoms with E-state index in [1.165, 1.54) is 30.2 Å². The number of carbonyl (C=O) groups is 2. The first-order valence-corrected chi connectivity index (χ1v) is 10.6. The number of amides is 1. The van der Waals surface area contributed by atoms with E-state index in [1.807, 2.05) is 0 Å². The Bertz CT molecular complexity index is 1270. The van der Waals surface area contributed by atoms with Gasteiger partial charge in [-0.1, -0.05) is 46.3 Å². The molecule has 170 valence electrons. The van der Waals surface area contributed by atoms with Gasteiger partial charge in [-0.3, -0.25) is 4.79 Å². The Morgan fingerprint density at radius 1 is 1.15 bits per heavy atom. The molecule has 0 unspecified atom stereocenters. The van der Waals surface area contributed by atoms with Gasteiger partial charge in [0.1, 0.15) is 11.3 Å². The molecule has 0 saturated heterocycles. The summed E-state index contributed by atoms with van der Waals surface area (Å²) < 4.78 is 55.8. The van der Waals surface area contributed by atoms with E-state index in [2.05, 4.69) is 15.9 Å². The molecule has 3 heterocycles. The van der Waals surface area contributed by atoms with E-state index in [4.69, 9.17) is 9.47 Å².